The largest absolute Gasteiger partial charge is 0.397 e. The van der Waals surface area contributed by atoms with Gasteiger partial charge in [-0.05, 0) is 31.2 Å². The van der Waals surface area contributed by atoms with Crippen LogP contribution in [0.25, 0.3) is 11.3 Å². The Hall–Kier alpha value is -2.89. The van der Waals surface area contributed by atoms with Crippen LogP contribution in [0.4, 0.5) is 5.69 Å². The van der Waals surface area contributed by atoms with Crippen LogP contribution < -0.4 is 11.1 Å². The minimum atomic E-state index is -0.198. The molecule has 0 saturated carbocycles. The van der Waals surface area contributed by atoms with E-state index in [2.05, 4.69) is 10.3 Å². The van der Waals surface area contributed by atoms with Crippen LogP contribution in [0.5, 0.6) is 0 Å². The Kier molecular flexibility index (Phi) is 5.52. The summed E-state index contributed by atoms with van der Waals surface area (Å²) >= 11 is 0. The van der Waals surface area contributed by atoms with Crippen LogP contribution in [0.15, 0.2) is 42.6 Å². The number of carbonyl (C=O) groups excluding carboxylic acids is 2. The zero-order valence-electron chi connectivity index (χ0n) is 14.1. The molecular weight excluding hydrogens is 304 g/mol. The molecule has 2 amide bonds. The van der Waals surface area contributed by atoms with Crippen LogP contribution in [0.2, 0.25) is 0 Å². The zero-order chi connectivity index (χ0) is 17.7. The third-order valence-corrected chi connectivity index (χ3v) is 3.93. The molecule has 2 aromatic rings. The topological polar surface area (TPSA) is 88.3 Å². The van der Waals surface area contributed by atoms with Crippen molar-refractivity contribution in [3.05, 3.63) is 48.2 Å². The first-order valence-electron chi connectivity index (χ1n) is 7.72. The van der Waals surface area contributed by atoms with Gasteiger partial charge in [0.05, 0.1) is 17.6 Å². The quantitative estimate of drug-likeness (QED) is 0.879. The van der Waals surface area contributed by atoms with Crippen molar-refractivity contribution in [3.8, 4) is 11.3 Å². The van der Waals surface area contributed by atoms with Gasteiger partial charge >= 0.3 is 0 Å². The molecule has 0 aliphatic carbocycles. The summed E-state index contributed by atoms with van der Waals surface area (Å²) in [4.78, 5) is 30.0. The summed E-state index contributed by atoms with van der Waals surface area (Å²) in [7, 11) is 3.28. The van der Waals surface area contributed by atoms with E-state index in [1.165, 1.54) is 0 Å². The Morgan fingerprint density at radius 2 is 2.04 bits per heavy atom. The lowest BCUT2D eigenvalue weighted by Crippen LogP contribution is -2.38. The second kappa shape index (κ2) is 7.59. The molecule has 6 nitrogen and oxygen atoms in total. The molecule has 24 heavy (non-hydrogen) atoms. The molecule has 3 N–H and O–H groups in total. The van der Waals surface area contributed by atoms with E-state index in [1.807, 2.05) is 25.1 Å². The Balaban J connectivity index is 2.19. The Labute approximate surface area is 141 Å². The van der Waals surface area contributed by atoms with Gasteiger partial charge in [0.15, 0.2) is 0 Å². The highest BCUT2D eigenvalue weighted by Crippen LogP contribution is 2.20. The molecule has 0 radical (unpaired) electrons. The first-order valence-corrected chi connectivity index (χ1v) is 7.72. The van der Waals surface area contributed by atoms with Crippen molar-refractivity contribution in [2.75, 3.05) is 19.8 Å². The third-order valence-electron chi connectivity index (χ3n) is 3.93. The van der Waals surface area contributed by atoms with Crippen molar-refractivity contribution in [2.45, 2.75) is 19.4 Å². The SMILES string of the molecule is CNC(=O)CC(C)N(C)C(=O)c1cccc(-c2ccc(N)cn2)c1. The van der Waals surface area contributed by atoms with Gasteiger partial charge in [0.25, 0.3) is 5.91 Å². The summed E-state index contributed by atoms with van der Waals surface area (Å²) in [5, 5.41) is 2.57. The summed E-state index contributed by atoms with van der Waals surface area (Å²) < 4.78 is 0. The molecular formula is C18H22N4O2. The zero-order valence-corrected chi connectivity index (χ0v) is 14.1. The standard InChI is InChI=1S/C18H22N4O2/c1-12(9-17(23)20-2)22(3)18(24)14-6-4-5-13(10-14)16-8-7-15(19)11-21-16/h4-8,10-12H,9,19H2,1-3H3,(H,20,23). The predicted octanol–water partition coefficient (Wildman–Crippen LogP) is 1.93. The van der Waals surface area contributed by atoms with Crippen molar-refractivity contribution >= 4 is 17.5 Å². The van der Waals surface area contributed by atoms with Gasteiger partial charge in [-0.1, -0.05) is 12.1 Å². The van der Waals surface area contributed by atoms with Gasteiger partial charge in [-0.25, -0.2) is 0 Å². The summed E-state index contributed by atoms with van der Waals surface area (Å²) in [5.74, 6) is -0.231. The van der Waals surface area contributed by atoms with Crippen molar-refractivity contribution in [2.24, 2.45) is 0 Å². The Morgan fingerprint density at radius 3 is 2.67 bits per heavy atom. The maximum Gasteiger partial charge on any atom is 0.253 e. The minimum absolute atomic E-state index is 0.0954. The highest BCUT2D eigenvalue weighted by atomic mass is 16.2. The van der Waals surface area contributed by atoms with Crippen LogP contribution in [-0.2, 0) is 4.79 Å². The fourth-order valence-electron chi connectivity index (χ4n) is 2.30. The van der Waals surface area contributed by atoms with Crippen LogP contribution in [0.3, 0.4) is 0 Å². The average molecular weight is 326 g/mol. The molecule has 2 rings (SSSR count). The number of amides is 2. The third kappa shape index (κ3) is 4.10. The van der Waals surface area contributed by atoms with E-state index in [9.17, 15) is 9.59 Å². The van der Waals surface area contributed by atoms with E-state index in [1.54, 1.807) is 43.4 Å². The smallest absolute Gasteiger partial charge is 0.253 e. The highest BCUT2D eigenvalue weighted by molar-refractivity contribution is 5.95. The van der Waals surface area contributed by atoms with Gasteiger partial charge in [0.2, 0.25) is 5.91 Å². The van der Waals surface area contributed by atoms with E-state index in [4.69, 9.17) is 5.73 Å². The van der Waals surface area contributed by atoms with E-state index >= 15 is 0 Å². The first kappa shape index (κ1) is 17.5. The number of nitrogens with one attached hydrogen (secondary N) is 1. The van der Waals surface area contributed by atoms with Crippen molar-refractivity contribution in [1.29, 1.82) is 0 Å². The lowest BCUT2D eigenvalue weighted by molar-refractivity contribution is -0.121. The molecule has 0 spiro atoms. The van der Waals surface area contributed by atoms with Crippen LogP contribution >= 0.6 is 0 Å². The highest BCUT2D eigenvalue weighted by Gasteiger charge is 2.20. The molecule has 1 atom stereocenters. The number of rotatable bonds is 5. The number of benzene rings is 1. The molecule has 0 bridgehead atoms. The number of hydrogen-bond acceptors (Lipinski definition) is 4. The predicted molar refractivity (Wildman–Crippen MR) is 94.3 cm³/mol. The van der Waals surface area contributed by atoms with Gasteiger partial charge in [0, 0.05) is 37.7 Å². The number of nitrogens with two attached hydrogens (primary N) is 1. The number of hydrogen-bond donors (Lipinski definition) is 2. The second-order valence-electron chi connectivity index (χ2n) is 5.70. The number of anilines is 1. The van der Waals surface area contributed by atoms with Gasteiger partial charge in [0.1, 0.15) is 0 Å². The summed E-state index contributed by atoms with van der Waals surface area (Å²) in [6.07, 6.45) is 1.85. The minimum Gasteiger partial charge on any atom is -0.397 e. The monoisotopic (exact) mass is 326 g/mol. The Bertz CT molecular complexity index is 728. The van der Waals surface area contributed by atoms with E-state index in [-0.39, 0.29) is 24.3 Å². The van der Waals surface area contributed by atoms with Crippen molar-refractivity contribution in [1.82, 2.24) is 15.2 Å². The van der Waals surface area contributed by atoms with Gasteiger partial charge < -0.3 is 16.0 Å². The molecule has 0 aliphatic heterocycles. The fraction of sp³-hybridized carbons (Fsp3) is 0.278. The number of nitrogen functional groups attached to an aromatic ring is 1. The lowest BCUT2D eigenvalue weighted by Gasteiger charge is -2.24. The number of aromatic nitrogens is 1. The van der Waals surface area contributed by atoms with Crippen molar-refractivity contribution < 1.29 is 9.59 Å². The second-order valence-corrected chi connectivity index (χ2v) is 5.70. The van der Waals surface area contributed by atoms with Gasteiger partial charge in [-0.3, -0.25) is 14.6 Å². The van der Waals surface area contributed by atoms with Crippen molar-refractivity contribution in [3.63, 3.8) is 0 Å². The lowest BCUT2D eigenvalue weighted by atomic mass is 10.1. The molecule has 1 aromatic carbocycles. The molecule has 0 saturated heterocycles. The molecule has 1 aromatic heterocycles. The summed E-state index contributed by atoms with van der Waals surface area (Å²) in [6, 6.07) is 10.7. The van der Waals surface area contributed by atoms with Crippen LogP contribution in [0, 0.1) is 0 Å². The maximum absolute atomic E-state index is 12.6. The molecule has 6 heteroatoms. The van der Waals surface area contributed by atoms with E-state index in [0.717, 1.165) is 11.3 Å². The molecule has 0 fully saturated rings. The molecule has 1 heterocycles. The van der Waals surface area contributed by atoms with E-state index in [0.29, 0.717) is 11.3 Å². The fourth-order valence-corrected chi connectivity index (χ4v) is 2.30. The normalized spacial score (nSPS) is 11.6. The van der Waals surface area contributed by atoms with Crippen LogP contribution in [0.1, 0.15) is 23.7 Å². The molecule has 126 valence electrons. The molecule has 1 unspecified atom stereocenters. The van der Waals surface area contributed by atoms with Gasteiger partial charge in [-0.2, -0.15) is 0 Å². The van der Waals surface area contributed by atoms with E-state index < -0.39 is 0 Å². The maximum atomic E-state index is 12.6. The number of nitrogens with zero attached hydrogens (tertiary/aromatic N) is 2. The Morgan fingerprint density at radius 1 is 1.29 bits per heavy atom. The summed E-state index contributed by atoms with van der Waals surface area (Å²) in [6.45, 7) is 1.85. The van der Waals surface area contributed by atoms with Crippen LogP contribution in [-0.4, -0.2) is 41.8 Å². The first-order chi connectivity index (χ1) is 11.4. The van der Waals surface area contributed by atoms with Gasteiger partial charge in [-0.15, -0.1) is 0 Å². The molecule has 0 aliphatic rings. The summed E-state index contributed by atoms with van der Waals surface area (Å²) in [5.41, 5.74) is 8.39. The number of carbonyl (C=O) groups is 2. The number of pyridine rings is 1. The average Bonchev–Trinajstić information content (AvgIpc) is 2.61.